The zero-order valence-electron chi connectivity index (χ0n) is 14.8. The molecule has 0 radical (unpaired) electrons. The van der Waals surface area contributed by atoms with Crippen LogP contribution in [0.4, 0.5) is 14.5 Å². The molecule has 9 heteroatoms. The lowest BCUT2D eigenvalue weighted by Crippen LogP contribution is -2.33. The minimum absolute atomic E-state index is 0.288. The first-order chi connectivity index (χ1) is 13.6. The van der Waals surface area contributed by atoms with Crippen LogP contribution in [-0.4, -0.2) is 36.3 Å². The Balaban J connectivity index is 1.60. The Morgan fingerprint density at radius 1 is 1.18 bits per heavy atom. The number of halogens is 2. The van der Waals surface area contributed by atoms with Crippen molar-refractivity contribution in [1.82, 2.24) is 29.7 Å². The molecule has 5 rings (SSSR count). The van der Waals surface area contributed by atoms with Gasteiger partial charge in [0.2, 0.25) is 0 Å². The number of fused-ring (bicyclic) bond motifs is 2. The summed E-state index contributed by atoms with van der Waals surface area (Å²) in [5, 5.41) is 6.69. The summed E-state index contributed by atoms with van der Waals surface area (Å²) in [6, 6.07) is 2.24. The predicted molar refractivity (Wildman–Crippen MR) is 100 cm³/mol. The van der Waals surface area contributed by atoms with Crippen LogP contribution < -0.4 is 4.90 Å². The monoisotopic (exact) mass is 379 g/mol. The van der Waals surface area contributed by atoms with Crippen LogP contribution in [0.5, 0.6) is 0 Å². The van der Waals surface area contributed by atoms with Crippen LogP contribution in [0.15, 0.2) is 43.1 Å². The van der Waals surface area contributed by atoms with Crippen LogP contribution in [-0.2, 0) is 0 Å². The van der Waals surface area contributed by atoms with E-state index in [0.29, 0.717) is 34.8 Å². The third-order valence-electron chi connectivity index (χ3n) is 4.90. The van der Waals surface area contributed by atoms with Gasteiger partial charge in [-0.2, -0.15) is 5.10 Å². The molecular weight excluding hydrogens is 364 g/mol. The van der Waals surface area contributed by atoms with Crippen LogP contribution in [0, 0.1) is 11.6 Å². The third kappa shape index (κ3) is 2.55. The second-order valence-electron chi connectivity index (χ2n) is 6.55. The second kappa shape index (κ2) is 6.22. The van der Waals surface area contributed by atoms with Crippen LogP contribution in [0.3, 0.4) is 0 Å². The molecule has 1 atom stereocenters. The van der Waals surface area contributed by atoms with Gasteiger partial charge >= 0.3 is 0 Å². The fourth-order valence-corrected chi connectivity index (χ4v) is 3.47. The molecule has 0 aliphatic carbocycles. The summed E-state index contributed by atoms with van der Waals surface area (Å²) in [7, 11) is 0. The normalized spacial score (nSPS) is 14.5. The Hall–Kier alpha value is -3.62. The number of hydrogen-bond acceptors (Lipinski definition) is 5. The van der Waals surface area contributed by atoms with Gasteiger partial charge in [0.05, 0.1) is 23.8 Å². The van der Waals surface area contributed by atoms with Gasteiger partial charge in [-0.25, -0.2) is 23.7 Å². The number of H-pyrrole nitrogens is 1. The van der Waals surface area contributed by atoms with Crippen molar-refractivity contribution >= 4 is 23.1 Å². The van der Waals surface area contributed by atoms with Crippen molar-refractivity contribution in [2.75, 3.05) is 11.4 Å². The van der Waals surface area contributed by atoms with E-state index in [9.17, 15) is 8.78 Å². The van der Waals surface area contributed by atoms with Crippen molar-refractivity contribution in [2.45, 2.75) is 13.1 Å². The quantitative estimate of drug-likeness (QED) is 0.589. The van der Waals surface area contributed by atoms with E-state index in [2.05, 4.69) is 25.1 Å². The van der Waals surface area contributed by atoms with Gasteiger partial charge < -0.3 is 4.90 Å². The minimum atomic E-state index is -0.610. The standard InChI is InChI=1S/C19H15F2N7/c1-11(27-4-2-3-14-15(21)5-13(20)6-17(14)27)28-10-23-18-19(28)26-16(9-22-18)12-7-24-25-8-12/h2-3,5-11H,4H2,1H3,(H,24,25). The number of imidazole rings is 1. The smallest absolute Gasteiger partial charge is 0.197 e. The van der Waals surface area contributed by atoms with Crippen molar-refractivity contribution in [3.63, 3.8) is 0 Å². The molecular formula is C19H15F2N7. The fraction of sp³-hybridized carbons (Fsp3) is 0.158. The van der Waals surface area contributed by atoms with Crippen molar-refractivity contribution in [1.29, 1.82) is 0 Å². The summed E-state index contributed by atoms with van der Waals surface area (Å²) in [6.07, 6.45) is 9.91. The molecule has 1 N–H and O–H groups in total. The van der Waals surface area contributed by atoms with Gasteiger partial charge in [-0.3, -0.25) is 9.67 Å². The lowest BCUT2D eigenvalue weighted by atomic mass is 10.1. The molecule has 1 aromatic carbocycles. The Bertz CT molecular complexity index is 1200. The van der Waals surface area contributed by atoms with E-state index in [-0.39, 0.29) is 6.17 Å². The molecule has 0 bridgehead atoms. The van der Waals surface area contributed by atoms with Crippen LogP contribution in [0.25, 0.3) is 28.6 Å². The summed E-state index contributed by atoms with van der Waals surface area (Å²) in [6.45, 7) is 2.44. The highest BCUT2D eigenvalue weighted by molar-refractivity contribution is 5.73. The van der Waals surface area contributed by atoms with Gasteiger partial charge in [0.1, 0.15) is 24.1 Å². The Morgan fingerprint density at radius 2 is 2.07 bits per heavy atom. The van der Waals surface area contributed by atoms with E-state index < -0.39 is 11.6 Å². The molecule has 0 saturated heterocycles. The maximum absolute atomic E-state index is 14.2. The highest BCUT2D eigenvalue weighted by Gasteiger charge is 2.24. The SMILES string of the molecule is CC(N1CC=Cc2c(F)cc(F)cc21)n1cnc2ncc(-c3cn[nH]c3)nc21. The highest BCUT2D eigenvalue weighted by atomic mass is 19.1. The van der Waals surface area contributed by atoms with Crippen LogP contribution in [0.2, 0.25) is 0 Å². The van der Waals surface area contributed by atoms with Gasteiger partial charge in [0, 0.05) is 29.9 Å². The van der Waals surface area contributed by atoms with E-state index in [4.69, 9.17) is 0 Å². The lowest BCUT2D eigenvalue weighted by molar-refractivity contribution is 0.524. The first-order valence-electron chi connectivity index (χ1n) is 8.73. The Morgan fingerprint density at radius 3 is 2.89 bits per heavy atom. The number of benzene rings is 1. The third-order valence-corrected chi connectivity index (χ3v) is 4.90. The molecule has 1 aliphatic rings. The summed E-state index contributed by atoms with van der Waals surface area (Å²) >= 11 is 0. The van der Waals surface area contributed by atoms with Crippen molar-refractivity contribution in [2.24, 2.45) is 0 Å². The van der Waals surface area contributed by atoms with Crippen molar-refractivity contribution in [3.05, 3.63) is 60.3 Å². The number of nitrogens with one attached hydrogen (secondary N) is 1. The summed E-state index contributed by atoms with van der Waals surface area (Å²) < 4.78 is 29.9. The van der Waals surface area contributed by atoms with Gasteiger partial charge in [-0.05, 0) is 13.0 Å². The van der Waals surface area contributed by atoms with E-state index in [1.165, 1.54) is 6.07 Å². The lowest BCUT2D eigenvalue weighted by Gasteiger charge is -2.34. The van der Waals surface area contributed by atoms with Gasteiger partial charge in [0.25, 0.3) is 0 Å². The number of hydrogen-bond donors (Lipinski definition) is 1. The number of anilines is 1. The molecule has 140 valence electrons. The molecule has 0 amide bonds. The molecule has 0 spiro atoms. The molecule has 7 nitrogen and oxygen atoms in total. The topological polar surface area (TPSA) is 75.5 Å². The van der Waals surface area contributed by atoms with Gasteiger partial charge in [-0.1, -0.05) is 12.2 Å². The summed E-state index contributed by atoms with van der Waals surface area (Å²) in [4.78, 5) is 15.3. The molecule has 1 aliphatic heterocycles. The first-order valence-corrected chi connectivity index (χ1v) is 8.73. The van der Waals surface area contributed by atoms with Gasteiger partial charge in [-0.15, -0.1) is 0 Å². The summed E-state index contributed by atoms with van der Waals surface area (Å²) in [5.74, 6) is -1.19. The number of aromatic amines is 1. The Labute approximate surface area is 158 Å². The molecule has 0 saturated carbocycles. The predicted octanol–water partition coefficient (Wildman–Crippen LogP) is 3.55. The minimum Gasteiger partial charge on any atom is -0.347 e. The average Bonchev–Trinajstić information content (AvgIpc) is 3.36. The van der Waals surface area contributed by atoms with E-state index in [1.807, 2.05) is 22.5 Å². The van der Waals surface area contributed by atoms with E-state index in [1.54, 1.807) is 31.0 Å². The van der Waals surface area contributed by atoms with Crippen molar-refractivity contribution in [3.8, 4) is 11.3 Å². The van der Waals surface area contributed by atoms with E-state index >= 15 is 0 Å². The van der Waals surface area contributed by atoms with Crippen LogP contribution in [0.1, 0.15) is 18.7 Å². The molecule has 4 heterocycles. The number of nitrogens with zero attached hydrogens (tertiary/aromatic N) is 6. The Kier molecular flexibility index (Phi) is 3.68. The molecule has 28 heavy (non-hydrogen) atoms. The first kappa shape index (κ1) is 16.5. The zero-order chi connectivity index (χ0) is 19.3. The van der Waals surface area contributed by atoms with Gasteiger partial charge in [0.15, 0.2) is 11.3 Å². The number of aromatic nitrogens is 6. The average molecular weight is 379 g/mol. The molecule has 0 fully saturated rings. The van der Waals surface area contributed by atoms with E-state index in [0.717, 1.165) is 11.6 Å². The summed E-state index contributed by atoms with van der Waals surface area (Å²) in [5.41, 5.74) is 3.41. The molecule has 3 aromatic heterocycles. The number of rotatable bonds is 3. The fourth-order valence-electron chi connectivity index (χ4n) is 3.47. The maximum Gasteiger partial charge on any atom is 0.197 e. The highest BCUT2D eigenvalue weighted by Crippen LogP contribution is 2.34. The maximum atomic E-state index is 14.2. The molecule has 1 unspecified atom stereocenters. The largest absolute Gasteiger partial charge is 0.347 e. The second-order valence-corrected chi connectivity index (χ2v) is 6.55. The van der Waals surface area contributed by atoms with Crippen molar-refractivity contribution < 1.29 is 8.78 Å². The van der Waals surface area contributed by atoms with Crippen LogP contribution >= 0.6 is 0 Å². The molecule has 4 aromatic rings. The zero-order valence-corrected chi connectivity index (χ0v) is 14.8.